The third kappa shape index (κ3) is 34.4. The van der Waals surface area contributed by atoms with Crippen molar-refractivity contribution in [2.45, 2.75) is 207 Å². The van der Waals surface area contributed by atoms with Gasteiger partial charge in [0.1, 0.15) is 40.5 Å². The molecule has 0 spiro atoms. The number of rotatable bonds is 27. The predicted octanol–water partition coefficient (Wildman–Crippen LogP) is 5.70. The first kappa shape index (κ1) is 59.0. The zero-order valence-corrected chi connectivity index (χ0v) is 40.6. The molecule has 0 aromatic carbocycles. The number of carbonyl (C=O) groups excluding carboxylic acids is 7. The van der Waals surface area contributed by atoms with Crippen molar-refractivity contribution in [3.05, 3.63) is 0 Å². The average molecular weight is 916 g/mol. The molecule has 0 heterocycles. The minimum Gasteiger partial charge on any atom is -0.480 e. The molecule has 0 aromatic rings. The quantitative estimate of drug-likeness (QED) is 0.0364. The number of carboxylic acid groups (broad SMARTS) is 1. The van der Waals surface area contributed by atoms with Gasteiger partial charge < -0.3 is 61.3 Å². The number of hydrogen-bond acceptors (Lipinski definition) is 12. The van der Waals surface area contributed by atoms with Gasteiger partial charge in [0.2, 0.25) is 17.7 Å². The Kier molecular flexibility index (Phi) is 27.1. The van der Waals surface area contributed by atoms with Crippen LogP contribution in [0, 0.1) is 0 Å². The summed E-state index contributed by atoms with van der Waals surface area (Å²) in [4.78, 5) is 101. The Labute approximate surface area is 380 Å². The van der Waals surface area contributed by atoms with Gasteiger partial charge >= 0.3 is 30.3 Å². The zero-order chi connectivity index (χ0) is 49.1. The van der Waals surface area contributed by atoms with E-state index in [4.69, 9.17) is 18.9 Å². The Hall–Kier alpha value is -5.04. The zero-order valence-electron chi connectivity index (χ0n) is 40.6. The Balaban J connectivity index is 5.88. The molecule has 0 fully saturated rings. The van der Waals surface area contributed by atoms with E-state index in [-0.39, 0.29) is 45.3 Å². The fraction of sp³-hybridized carbons (Fsp3) is 0.818. The third-order valence-corrected chi connectivity index (χ3v) is 8.41. The second kappa shape index (κ2) is 29.4. The summed E-state index contributed by atoms with van der Waals surface area (Å²) < 4.78 is 21.0. The molecule has 20 heteroatoms. The number of ether oxygens (including phenoxy) is 4. The van der Waals surface area contributed by atoms with Crippen LogP contribution in [0.25, 0.3) is 0 Å². The number of aliphatic carboxylic acids is 1. The van der Waals surface area contributed by atoms with E-state index in [1.807, 2.05) is 0 Å². The second-order valence-electron chi connectivity index (χ2n) is 19.6. The standard InChI is InChI=1S/C44H81N7O13/c1-41(2,3)61-37(57)45-26-18-13-14-25-33(52)49-30(22-15-19-27-46-38(58)62-42(4,5)6)34(53)50-31(23-16-20-28-47-39(59)63-43(7,8)9)35(54)51-32(36(55)56)24-17-21-29-48-40(60)64-44(10,11)12/h30-32H,13-29H2,1-12H3,(H,45,57)(H,46,58)(H,47,59)(H,48,60)(H,49,52)(H,50,53)(H,51,54)(H,55,56)/t30-,31-,32-/m0/s1. The maximum atomic E-state index is 13.9. The highest BCUT2D eigenvalue weighted by atomic mass is 16.6. The molecule has 370 valence electrons. The first-order valence-electron chi connectivity index (χ1n) is 22.5. The van der Waals surface area contributed by atoms with Gasteiger partial charge in [-0.2, -0.15) is 0 Å². The maximum absolute atomic E-state index is 13.9. The lowest BCUT2D eigenvalue weighted by molar-refractivity contribution is -0.142. The van der Waals surface area contributed by atoms with Gasteiger partial charge in [-0.15, -0.1) is 0 Å². The van der Waals surface area contributed by atoms with Gasteiger partial charge in [-0.3, -0.25) is 14.4 Å². The van der Waals surface area contributed by atoms with Crippen LogP contribution in [0.1, 0.15) is 167 Å². The highest BCUT2D eigenvalue weighted by Crippen LogP contribution is 2.12. The molecule has 0 aliphatic carbocycles. The van der Waals surface area contributed by atoms with Crippen LogP contribution in [-0.4, -0.2) is 120 Å². The molecule has 20 nitrogen and oxygen atoms in total. The Morgan fingerprint density at radius 3 is 0.984 bits per heavy atom. The molecule has 8 N–H and O–H groups in total. The van der Waals surface area contributed by atoms with Gasteiger partial charge in [0.15, 0.2) is 0 Å². The number of nitrogens with one attached hydrogen (secondary N) is 7. The molecule has 0 aliphatic rings. The number of amides is 7. The molecule has 0 radical (unpaired) electrons. The van der Waals surface area contributed by atoms with Crippen LogP contribution in [-0.2, 0) is 38.1 Å². The largest absolute Gasteiger partial charge is 0.480 e. The lowest BCUT2D eigenvalue weighted by Gasteiger charge is -2.25. The van der Waals surface area contributed by atoms with Crippen molar-refractivity contribution >= 4 is 48.1 Å². The molecule has 0 bridgehead atoms. The van der Waals surface area contributed by atoms with Gasteiger partial charge in [-0.1, -0.05) is 6.42 Å². The van der Waals surface area contributed by atoms with Crippen LogP contribution in [0.3, 0.4) is 0 Å². The topological polar surface area (TPSA) is 278 Å². The van der Waals surface area contributed by atoms with E-state index >= 15 is 0 Å². The molecular formula is C44H81N7O13. The summed E-state index contributed by atoms with van der Waals surface area (Å²) >= 11 is 0. The molecule has 0 rings (SSSR count). The van der Waals surface area contributed by atoms with Gasteiger partial charge in [0.05, 0.1) is 0 Å². The Morgan fingerprint density at radius 2 is 0.672 bits per heavy atom. The normalized spacial score (nSPS) is 13.2. The minimum atomic E-state index is -1.31. The highest BCUT2D eigenvalue weighted by Gasteiger charge is 2.30. The van der Waals surface area contributed by atoms with Crippen LogP contribution in [0.4, 0.5) is 19.2 Å². The van der Waals surface area contributed by atoms with E-state index in [1.54, 1.807) is 83.1 Å². The van der Waals surface area contributed by atoms with Gasteiger partial charge in [-0.05, 0) is 154 Å². The van der Waals surface area contributed by atoms with Crippen molar-refractivity contribution in [3.63, 3.8) is 0 Å². The summed E-state index contributed by atoms with van der Waals surface area (Å²) in [6, 6.07) is -3.61. The summed E-state index contributed by atoms with van der Waals surface area (Å²) in [5.74, 6) is -3.11. The summed E-state index contributed by atoms with van der Waals surface area (Å²) in [5.41, 5.74) is -2.70. The molecule has 3 atom stereocenters. The number of carbonyl (C=O) groups is 8. The van der Waals surface area contributed by atoms with E-state index in [1.165, 1.54) is 0 Å². The molecule has 0 saturated carbocycles. The number of carboxylic acids is 1. The number of alkyl carbamates (subject to hydrolysis) is 4. The first-order valence-corrected chi connectivity index (χ1v) is 22.5. The van der Waals surface area contributed by atoms with E-state index < -0.39 is 88.6 Å². The van der Waals surface area contributed by atoms with E-state index in [0.717, 1.165) is 0 Å². The van der Waals surface area contributed by atoms with Crippen LogP contribution in [0.15, 0.2) is 0 Å². The average Bonchev–Trinajstić information content (AvgIpc) is 3.11. The van der Waals surface area contributed by atoms with Gasteiger partial charge in [0.25, 0.3) is 0 Å². The molecule has 0 aromatic heterocycles. The lowest BCUT2D eigenvalue weighted by Crippen LogP contribution is -2.55. The molecule has 0 aliphatic heterocycles. The van der Waals surface area contributed by atoms with Crippen LogP contribution >= 0.6 is 0 Å². The lowest BCUT2D eigenvalue weighted by atomic mass is 10.0. The monoisotopic (exact) mass is 916 g/mol. The molecular weight excluding hydrogens is 835 g/mol. The third-order valence-electron chi connectivity index (χ3n) is 8.41. The summed E-state index contributed by atoms with van der Waals surface area (Å²) in [7, 11) is 0. The number of unbranched alkanes of at least 4 members (excludes halogenated alkanes) is 5. The Morgan fingerprint density at radius 1 is 0.391 bits per heavy atom. The van der Waals surface area contributed by atoms with Crippen molar-refractivity contribution in [2.75, 3.05) is 26.2 Å². The van der Waals surface area contributed by atoms with Crippen molar-refractivity contribution in [2.24, 2.45) is 0 Å². The molecule has 0 saturated heterocycles. The van der Waals surface area contributed by atoms with Crippen molar-refractivity contribution in [3.8, 4) is 0 Å². The fourth-order valence-corrected chi connectivity index (χ4v) is 5.63. The number of hydrogen-bond donors (Lipinski definition) is 8. The van der Waals surface area contributed by atoms with Crippen molar-refractivity contribution in [1.29, 1.82) is 0 Å². The maximum Gasteiger partial charge on any atom is 0.407 e. The van der Waals surface area contributed by atoms with Crippen LogP contribution in [0.2, 0.25) is 0 Å². The van der Waals surface area contributed by atoms with Crippen molar-refractivity contribution < 1.29 is 62.4 Å². The molecule has 7 amide bonds. The van der Waals surface area contributed by atoms with Crippen LogP contribution < -0.4 is 37.2 Å². The van der Waals surface area contributed by atoms with Crippen molar-refractivity contribution in [1.82, 2.24) is 37.2 Å². The van der Waals surface area contributed by atoms with Gasteiger partial charge in [-0.25, -0.2) is 24.0 Å². The highest BCUT2D eigenvalue weighted by molar-refractivity contribution is 5.93. The van der Waals surface area contributed by atoms with E-state index in [0.29, 0.717) is 64.3 Å². The second-order valence-corrected chi connectivity index (χ2v) is 19.6. The SMILES string of the molecule is CC(C)(C)OC(=O)NCCCCCC(=O)N[C@@H](CCCCNC(=O)OC(C)(C)C)C(=O)N[C@@H](CCCCNC(=O)OC(C)(C)C)C(=O)N[C@@H](CCCCNC(=O)OC(C)(C)C)C(=O)O. The summed E-state index contributed by atoms with van der Waals surface area (Å²) in [5, 5.41) is 28.6. The van der Waals surface area contributed by atoms with Crippen LogP contribution in [0.5, 0.6) is 0 Å². The van der Waals surface area contributed by atoms with E-state index in [9.17, 15) is 43.5 Å². The smallest absolute Gasteiger partial charge is 0.407 e. The predicted molar refractivity (Wildman–Crippen MR) is 240 cm³/mol. The minimum absolute atomic E-state index is 0.0324. The fourth-order valence-electron chi connectivity index (χ4n) is 5.63. The molecule has 64 heavy (non-hydrogen) atoms. The first-order chi connectivity index (χ1) is 29.5. The summed E-state index contributed by atoms with van der Waals surface area (Å²) in [6.45, 7) is 21.9. The van der Waals surface area contributed by atoms with E-state index in [2.05, 4.69) is 37.2 Å². The summed E-state index contributed by atoms with van der Waals surface area (Å²) in [6.07, 6.45) is 1.93. The molecule has 0 unspecified atom stereocenters. The Bertz CT molecular complexity index is 1480. The van der Waals surface area contributed by atoms with Gasteiger partial charge in [0, 0.05) is 32.6 Å².